The zero-order chi connectivity index (χ0) is 8.10. The van der Waals surface area contributed by atoms with Crippen LogP contribution in [0.3, 0.4) is 0 Å². The Bertz CT molecular complexity index is 132. The van der Waals surface area contributed by atoms with Crippen molar-refractivity contribution in [1.82, 2.24) is 5.32 Å². The van der Waals surface area contributed by atoms with Gasteiger partial charge in [-0.3, -0.25) is 0 Å². The lowest BCUT2D eigenvalue weighted by Gasteiger charge is -2.07. The maximum absolute atomic E-state index is 5.58. The van der Waals surface area contributed by atoms with E-state index in [1.807, 2.05) is 0 Å². The van der Waals surface area contributed by atoms with E-state index in [0.717, 1.165) is 19.8 Å². The molecule has 0 aromatic carbocycles. The smallest absolute Gasteiger partial charge is 0.0507 e. The Morgan fingerprint density at radius 2 is 2.55 bits per heavy atom. The first-order chi connectivity index (χ1) is 5.29. The minimum Gasteiger partial charge on any atom is -0.381 e. The average molecular weight is 176 g/mol. The lowest BCUT2D eigenvalue weighted by atomic mass is 10.1. The summed E-state index contributed by atoms with van der Waals surface area (Å²) < 4.78 is 5.22. The number of ether oxygens (including phenoxy) is 1. The van der Waals surface area contributed by atoms with Crippen LogP contribution in [0.2, 0.25) is 0 Å². The predicted molar refractivity (Wildman–Crippen MR) is 46.8 cm³/mol. The summed E-state index contributed by atoms with van der Waals surface area (Å²) in [5.74, 6) is 0.672. The van der Waals surface area contributed by atoms with Gasteiger partial charge in [0.2, 0.25) is 0 Å². The second-order valence-electron chi connectivity index (χ2n) is 2.88. The molecule has 1 unspecified atom stereocenters. The number of rotatable bonds is 4. The molecule has 0 saturated carbocycles. The van der Waals surface area contributed by atoms with Gasteiger partial charge in [0.1, 0.15) is 0 Å². The second-order valence-corrected chi connectivity index (χ2v) is 3.41. The monoisotopic (exact) mass is 175 g/mol. The van der Waals surface area contributed by atoms with E-state index in [4.69, 9.17) is 16.3 Å². The van der Waals surface area contributed by atoms with Crippen LogP contribution in [0.4, 0.5) is 0 Å². The SMILES string of the molecule is C=C(Cl)CNCC1CCOC1. The minimum atomic E-state index is 0.670. The molecule has 64 valence electrons. The molecule has 1 aliphatic rings. The van der Waals surface area contributed by atoms with Crippen LogP contribution >= 0.6 is 11.6 Å². The highest BCUT2D eigenvalue weighted by molar-refractivity contribution is 6.29. The Hall–Kier alpha value is -0.0500. The summed E-state index contributed by atoms with van der Waals surface area (Å²) in [7, 11) is 0. The molecule has 0 aromatic heterocycles. The molecule has 1 rings (SSSR count). The van der Waals surface area contributed by atoms with Crippen LogP contribution in [0.5, 0.6) is 0 Å². The average Bonchev–Trinajstić information content (AvgIpc) is 2.39. The van der Waals surface area contributed by atoms with Gasteiger partial charge in [0, 0.05) is 24.7 Å². The molecule has 0 aromatic rings. The molecule has 1 saturated heterocycles. The van der Waals surface area contributed by atoms with Crippen LogP contribution < -0.4 is 5.32 Å². The van der Waals surface area contributed by atoms with Crippen molar-refractivity contribution < 1.29 is 4.74 Å². The summed E-state index contributed by atoms with van der Waals surface area (Å²) in [6, 6.07) is 0. The van der Waals surface area contributed by atoms with E-state index in [1.165, 1.54) is 6.42 Å². The van der Waals surface area contributed by atoms with E-state index < -0.39 is 0 Å². The molecule has 1 heterocycles. The highest BCUT2D eigenvalue weighted by Crippen LogP contribution is 2.10. The summed E-state index contributed by atoms with van der Waals surface area (Å²) in [5.41, 5.74) is 0. The van der Waals surface area contributed by atoms with E-state index in [1.54, 1.807) is 0 Å². The van der Waals surface area contributed by atoms with Crippen molar-refractivity contribution in [3.05, 3.63) is 11.6 Å². The van der Waals surface area contributed by atoms with Crippen molar-refractivity contribution in [2.24, 2.45) is 5.92 Å². The Balaban J connectivity index is 1.98. The fraction of sp³-hybridized carbons (Fsp3) is 0.750. The molecule has 1 aliphatic heterocycles. The van der Waals surface area contributed by atoms with Crippen LogP contribution in [-0.2, 0) is 4.74 Å². The topological polar surface area (TPSA) is 21.3 Å². The predicted octanol–water partition coefficient (Wildman–Crippen LogP) is 1.36. The summed E-state index contributed by atoms with van der Waals surface area (Å²) in [6.07, 6.45) is 1.17. The van der Waals surface area contributed by atoms with Crippen molar-refractivity contribution in [3.8, 4) is 0 Å². The van der Waals surface area contributed by atoms with Gasteiger partial charge in [-0.05, 0) is 12.3 Å². The first kappa shape index (κ1) is 9.04. The lowest BCUT2D eigenvalue weighted by Crippen LogP contribution is -2.23. The Morgan fingerprint density at radius 3 is 3.09 bits per heavy atom. The fourth-order valence-corrected chi connectivity index (χ4v) is 1.25. The van der Waals surface area contributed by atoms with E-state index >= 15 is 0 Å². The fourth-order valence-electron chi connectivity index (χ4n) is 1.16. The van der Waals surface area contributed by atoms with Crippen molar-refractivity contribution in [2.75, 3.05) is 26.3 Å². The lowest BCUT2D eigenvalue weighted by molar-refractivity contribution is 0.185. The zero-order valence-corrected chi connectivity index (χ0v) is 7.36. The van der Waals surface area contributed by atoms with Crippen LogP contribution in [0.15, 0.2) is 11.6 Å². The summed E-state index contributed by atoms with van der Waals surface area (Å²) >= 11 is 5.58. The third-order valence-corrected chi connectivity index (χ3v) is 1.91. The molecule has 1 atom stereocenters. The van der Waals surface area contributed by atoms with Gasteiger partial charge in [0.25, 0.3) is 0 Å². The summed E-state index contributed by atoms with van der Waals surface area (Å²) in [6.45, 7) is 7.09. The molecule has 11 heavy (non-hydrogen) atoms. The van der Waals surface area contributed by atoms with Gasteiger partial charge in [0.15, 0.2) is 0 Å². The first-order valence-corrected chi connectivity index (χ1v) is 4.28. The van der Waals surface area contributed by atoms with Crippen LogP contribution in [0, 0.1) is 5.92 Å². The highest BCUT2D eigenvalue weighted by Gasteiger charge is 2.14. The van der Waals surface area contributed by atoms with Gasteiger partial charge in [0.05, 0.1) is 6.61 Å². The van der Waals surface area contributed by atoms with Crippen molar-refractivity contribution in [2.45, 2.75) is 6.42 Å². The molecule has 3 heteroatoms. The van der Waals surface area contributed by atoms with Crippen LogP contribution in [-0.4, -0.2) is 26.3 Å². The summed E-state index contributed by atoms with van der Waals surface area (Å²) in [4.78, 5) is 0. The van der Waals surface area contributed by atoms with Gasteiger partial charge in [-0.25, -0.2) is 0 Å². The molecule has 0 amide bonds. The van der Waals surface area contributed by atoms with Gasteiger partial charge in [-0.15, -0.1) is 0 Å². The number of hydrogen-bond donors (Lipinski definition) is 1. The standard InChI is InChI=1S/C8H14ClNO/c1-7(9)4-10-5-8-2-3-11-6-8/h8,10H,1-6H2. The molecule has 0 bridgehead atoms. The zero-order valence-electron chi connectivity index (χ0n) is 6.61. The normalized spacial score (nSPS) is 23.9. The Labute approximate surface area is 72.6 Å². The van der Waals surface area contributed by atoms with Gasteiger partial charge >= 0.3 is 0 Å². The molecule has 1 fully saturated rings. The van der Waals surface area contributed by atoms with E-state index in [2.05, 4.69) is 11.9 Å². The van der Waals surface area contributed by atoms with Gasteiger partial charge in [-0.1, -0.05) is 18.2 Å². The van der Waals surface area contributed by atoms with Gasteiger partial charge < -0.3 is 10.1 Å². The van der Waals surface area contributed by atoms with Crippen molar-refractivity contribution >= 4 is 11.6 Å². The van der Waals surface area contributed by atoms with E-state index in [9.17, 15) is 0 Å². The van der Waals surface area contributed by atoms with Crippen molar-refractivity contribution in [1.29, 1.82) is 0 Å². The van der Waals surface area contributed by atoms with E-state index in [-0.39, 0.29) is 0 Å². The largest absolute Gasteiger partial charge is 0.381 e. The second kappa shape index (κ2) is 4.75. The van der Waals surface area contributed by atoms with Gasteiger partial charge in [-0.2, -0.15) is 0 Å². The molecule has 2 nitrogen and oxygen atoms in total. The van der Waals surface area contributed by atoms with Crippen molar-refractivity contribution in [3.63, 3.8) is 0 Å². The molecule has 0 spiro atoms. The quantitative estimate of drug-likeness (QED) is 0.697. The molecular formula is C8H14ClNO. The summed E-state index contributed by atoms with van der Waals surface area (Å²) in [5, 5.41) is 3.89. The highest BCUT2D eigenvalue weighted by atomic mass is 35.5. The number of hydrogen-bond acceptors (Lipinski definition) is 2. The minimum absolute atomic E-state index is 0.670. The Morgan fingerprint density at radius 1 is 1.73 bits per heavy atom. The maximum Gasteiger partial charge on any atom is 0.0507 e. The van der Waals surface area contributed by atoms with Crippen LogP contribution in [0.25, 0.3) is 0 Å². The van der Waals surface area contributed by atoms with E-state index in [0.29, 0.717) is 17.5 Å². The Kier molecular flexibility index (Phi) is 3.91. The number of nitrogens with one attached hydrogen (secondary N) is 1. The molecular weight excluding hydrogens is 162 g/mol. The molecule has 0 radical (unpaired) electrons. The third kappa shape index (κ3) is 3.75. The molecule has 1 N–H and O–H groups in total. The maximum atomic E-state index is 5.58. The van der Waals surface area contributed by atoms with Crippen LogP contribution in [0.1, 0.15) is 6.42 Å². The number of halogens is 1. The first-order valence-electron chi connectivity index (χ1n) is 3.91. The molecule has 0 aliphatic carbocycles. The third-order valence-electron chi connectivity index (χ3n) is 1.77.